The molecule has 1 nitrogen and oxygen atoms in total. The number of rotatable bonds is 1. The third kappa shape index (κ3) is 1.61. The van der Waals surface area contributed by atoms with E-state index in [-0.39, 0.29) is 12.4 Å². The van der Waals surface area contributed by atoms with E-state index in [2.05, 4.69) is 5.92 Å². The predicted molar refractivity (Wildman–Crippen MR) is 41.3 cm³/mol. The lowest BCUT2D eigenvalue weighted by Gasteiger charge is -2.31. The first-order valence-electron chi connectivity index (χ1n) is 3.04. The van der Waals surface area contributed by atoms with Gasteiger partial charge in [-0.05, 0) is 25.3 Å². The molecular weight excluding hydrogens is 134 g/mol. The molecule has 1 fully saturated rings. The molecule has 0 saturated heterocycles. The van der Waals surface area contributed by atoms with Crippen molar-refractivity contribution in [1.29, 1.82) is 0 Å². The molecule has 0 radical (unpaired) electrons. The van der Waals surface area contributed by atoms with Crippen LogP contribution in [0.5, 0.6) is 0 Å². The maximum absolute atomic E-state index is 5.40. The van der Waals surface area contributed by atoms with E-state index in [4.69, 9.17) is 12.2 Å². The van der Waals surface area contributed by atoms with Gasteiger partial charge in [0.15, 0.2) is 0 Å². The largest absolute Gasteiger partial charge is 0.330 e. The molecule has 2 N–H and O–H groups in total. The minimum absolute atomic E-state index is 0. The van der Waals surface area contributed by atoms with Crippen molar-refractivity contribution in [2.45, 2.75) is 12.8 Å². The van der Waals surface area contributed by atoms with Gasteiger partial charge in [0.1, 0.15) is 0 Å². The van der Waals surface area contributed by atoms with Gasteiger partial charge in [0.25, 0.3) is 0 Å². The van der Waals surface area contributed by atoms with Crippen LogP contribution in [0.2, 0.25) is 0 Å². The predicted octanol–water partition coefficient (Wildman–Crippen LogP) is 1.03. The summed E-state index contributed by atoms with van der Waals surface area (Å²) in [6.45, 7) is 0.773. The van der Waals surface area contributed by atoms with Crippen LogP contribution in [0, 0.1) is 24.2 Å². The molecule has 0 bridgehead atoms. The van der Waals surface area contributed by atoms with Gasteiger partial charge in [0.05, 0.1) is 0 Å². The molecule has 0 aromatic carbocycles. The molecule has 0 aromatic rings. The van der Waals surface area contributed by atoms with Gasteiger partial charge in [0, 0.05) is 5.92 Å². The van der Waals surface area contributed by atoms with E-state index in [1.54, 1.807) is 0 Å². The summed E-state index contributed by atoms with van der Waals surface area (Å²) in [5.74, 6) is 3.86. The molecule has 52 valence electrons. The van der Waals surface area contributed by atoms with Crippen molar-refractivity contribution in [2.75, 3.05) is 6.54 Å². The summed E-state index contributed by atoms with van der Waals surface area (Å²) >= 11 is 0. The van der Waals surface area contributed by atoms with Crippen LogP contribution < -0.4 is 5.73 Å². The van der Waals surface area contributed by atoms with Gasteiger partial charge in [0.2, 0.25) is 0 Å². The highest BCUT2D eigenvalue weighted by atomic mass is 35.5. The number of hydrogen-bond acceptors (Lipinski definition) is 1. The van der Waals surface area contributed by atoms with Crippen LogP contribution >= 0.6 is 12.4 Å². The lowest BCUT2D eigenvalue weighted by molar-refractivity contribution is 0.246. The molecule has 2 atom stereocenters. The molecule has 0 unspecified atom stereocenters. The zero-order valence-electron chi connectivity index (χ0n) is 5.34. The van der Waals surface area contributed by atoms with Gasteiger partial charge in [-0.2, -0.15) is 0 Å². The van der Waals surface area contributed by atoms with Crippen LogP contribution in [0.25, 0.3) is 0 Å². The summed E-state index contributed by atoms with van der Waals surface area (Å²) in [6, 6.07) is 0. The van der Waals surface area contributed by atoms with Crippen molar-refractivity contribution in [3.8, 4) is 12.3 Å². The van der Waals surface area contributed by atoms with E-state index >= 15 is 0 Å². The molecule has 0 amide bonds. The zero-order valence-corrected chi connectivity index (χ0v) is 6.16. The van der Waals surface area contributed by atoms with Crippen LogP contribution in [0.15, 0.2) is 0 Å². The smallest absolute Gasteiger partial charge is 0.0240 e. The van der Waals surface area contributed by atoms with Crippen LogP contribution in [-0.4, -0.2) is 6.54 Å². The lowest BCUT2D eigenvalue weighted by atomic mass is 9.74. The summed E-state index contributed by atoms with van der Waals surface area (Å²) in [7, 11) is 0. The Morgan fingerprint density at radius 3 is 2.33 bits per heavy atom. The molecule has 1 aliphatic carbocycles. The molecule has 9 heavy (non-hydrogen) atoms. The standard InChI is InChI=1S/C7H11N.ClH/c1-2-6-3-4-7(6)5-8;/h1,6-7H,3-5,8H2;1H/t6-,7+;/m1./s1. The molecule has 0 aromatic heterocycles. The topological polar surface area (TPSA) is 26.0 Å². The van der Waals surface area contributed by atoms with E-state index < -0.39 is 0 Å². The number of terminal acetylenes is 1. The highest BCUT2D eigenvalue weighted by molar-refractivity contribution is 5.85. The summed E-state index contributed by atoms with van der Waals surface area (Å²) in [6.07, 6.45) is 7.63. The van der Waals surface area contributed by atoms with E-state index in [1.807, 2.05) is 0 Å². The van der Waals surface area contributed by atoms with Gasteiger partial charge in [-0.25, -0.2) is 0 Å². The van der Waals surface area contributed by atoms with Crippen molar-refractivity contribution >= 4 is 12.4 Å². The van der Waals surface area contributed by atoms with Gasteiger partial charge >= 0.3 is 0 Å². The van der Waals surface area contributed by atoms with Crippen LogP contribution in [0.3, 0.4) is 0 Å². The molecule has 0 spiro atoms. The molecular formula is C7H12ClN. The van der Waals surface area contributed by atoms with Gasteiger partial charge in [-0.15, -0.1) is 24.8 Å². The van der Waals surface area contributed by atoms with Crippen molar-refractivity contribution < 1.29 is 0 Å². The Hall–Kier alpha value is -0.190. The molecule has 0 aliphatic heterocycles. The van der Waals surface area contributed by atoms with Crippen molar-refractivity contribution in [1.82, 2.24) is 0 Å². The summed E-state index contributed by atoms with van der Waals surface area (Å²) in [4.78, 5) is 0. The number of nitrogens with two attached hydrogens (primary N) is 1. The normalized spacial score (nSPS) is 31.6. The maximum atomic E-state index is 5.40. The Morgan fingerprint density at radius 1 is 1.56 bits per heavy atom. The summed E-state index contributed by atoms with van der Waals surface area (Å²) in [5.41, 5.74) is 5.40. The van der Waals surface area contributed by atoms with Crippen LogP contribution in [0.1, 0.15) is 12.8 Å². The Balaban J connectivity index is 0.000000640. The van der Waals surface area contributed by atoms with Crippen molar-refractivity contribution in [3.63, 3.8) is 0 Å². The van der Waals surface area contributed by atoms with E-state index in [9.17, 15) is 0 Å². The Labute approximate surface area is 62.4 Å². The van der Waals surface area contributed by atoms with E-state index in [1.165, 1.54) is 12.8 Å². The highest BCUT2D eigenvalue weighted by Gasteiger charge is 2.26. The second-order valence-electron chi connectivity index (χ2n) is 2.35. The molecule has 1 aliphatic rings. The number of hydrogen-bond donors (Lipinski definition) is 1. The second-order valence-corrected chi connectivity index (χ2v) is 2.35. The fourth-order valence-electron chi connectivity index (χ4n) is 1.07. The Kier molecular flexibility index (Phi) is 3.68. The van der Waals surface area contributed by atoms with Crippen LogP contribution in [0.4, 0.5) is 0 Å². The monoisotopic (exact) mass is 145 g/mol. The van der Waals surface area contributed by atoms with Gasteiger partial charge < -0.3 is 5.73 Å². The summed E-state index contributed by atoms with van der Waals surface area (Å²) < 4.78 is 0. The minimum atomic E-state index is 0. The van der Waals surface area contributed by atoms with Crippen molar-refractivity contribution in [2.24, 2.45) is 17.6 Å². The molecule has 1 rings (SSSR count). The third-order valence-electron chi connectivity index (χ3n) is 1.93. The van der Waals surface area contributed by atoms with Crippen molar-refractivity contribution in [3.05, 3.63) is 0 Å². The Morgan fingerprint density at radius 2 is 2.22 bits per heavy atom. The first-order chi connectivity index (χ1) is 3.88. The van der Waals surface area contributed by atoms with Crippen LogP contribution in [-0.2, 0) is 0 Å². The molecule has 0 heterocycles. The average molecular weight is 146 g/mol. The first kappa shape index (κ1) is 8.81. The number of halogens is 1. The van der Waals surface area contributed by atoms with E-state index in [0.717, 1.165) is 6.54 Å². The minimum Gasteiger partial charge on any atom is -0.330 e. The summed E-state index contributed by atoms with van der Waals surface area (Å²) in [5, 5.41) is 0. The zero-order chi connectivity index (χ0) is 5.98. The third-order valence-corrected chi connectivity index (χ3v) is 1.93. The highest BCUT2D eigenvalue weighted by Crippen LogP contribution is 2.32. The second kappa shape index (κ2) is 3.76. The van der Waals surface area contributed by atoms with Gasteiger partial charge in [-0.3, -0.25) is 0 Å². The SMILES string of the molecule is C#C[C@@H]1CC[C@H]1CN.Cl. The average Bonchev–Trinajstić information content (AvgIpc) is 1.66. The van der Waals surface area contributed by atoms with Gasteiger partial charge in [-0.1, -0.05) is 0 Å². The molecule has 2 heteroatoms. The van der Waals surface area contributed by atoms with E-state index in [0.29, 0.717) is 11.8 Å². The fraction of sp³-hybridized carbons (Fsp3) is 0.714. The quantitative estimate of drug-likeness (QED) is 0.548. The molecule has 1 saturated carbocycles. The lowest BCUT2D eigenvalue weighted by Crippen LogP contribution is -2.31. The first-order valence-corrected chi connectivity index (χ1v) is 3.04. The fourth-order valence-corrected chi connectivity index (χ4v) is 1.07. The maximum Gasteiger partial charge on any atom is 0.0240 e. The Bertz CT molecular complexity index is 115.